The number of anilines is 1. The minimum absolute atomic E-state index is 0.0149. The Morgan fingerprint density at radius 3 is 2.45 bits per heavy atom. The van der Waals surface area contributed by atoms with Crippen molar-refractivity contribution < 1.29 is 19.1 Å². The monoisotopic (exact) mass is 442 g/mol. The highest BCUT2D eigenvalue weighted by molar-refractivity contribution is 7.20. The second kappa shape index (κ2) is 10.2. The number of carbonyl (C=O) groups is 3. The van der Waals surface area contributed by atoms with Gasteiger partial charge in [-0.15, -0.1) is 11.3 Å². The molecule has 164 valence electrons. The Hall–Kier alpha value is -3.17. The van der Waals surface area contributed by atoms with Gasteiger partial charge in [0.2, 0.25) is 0 Å². The van der Waals surface area contributed by atoms with Crippen LogP contribution in [0.15, 0.2) is 36.4 Å². The lowest BCUT2D eigenvalue weighted by Gasteiger charge is -2.14. The number of primary amides is 2. The molecule has 0 aliphatic heterocycles. The van der Waals surface area contributed by atoms with E-state index >= 15 is 0 Å². The molecule has 1 heterocycles. The number of ether oxygens (including phenoxy) is 1. The zero-order valence-electron chi connectivity index (χ0n) is 17.0. The zero-order valence-corrected chi connectivity index (χ0v) is 17.8. The van der Waals surface area contributed by atoms with Crippen LogP contribution in [0.1, 0.15) is 48.0 Å². The first-order valence-electron chi connectivity index (χ1n) is 10.1. The molecule has 2 aromatic rings. The molecule has 0 saturated heterocycles. The molecule has 1 saturated carbocycles. The Labute approximate surface area is 184 Å². The number of esters is 1. The number of carbonyl (C=O) groups excluding carboxylic acids is 3. The number of amides is 3. The third-order valence-electron chi connectivity index (χ3n) is 5.02. The lowest BCUT2D eigenvalue weighted by Crippen LogP contribution is -2.33. The standard InChI is InChI=1S/C22H26N4O4S/c23-17(21(28)30-15-5-1-2-6-15)7-3-4-13-8-10-14(11-9-13)18-12-16(19(24)27)20(31-18)26-22(25)29/h3-4,8-12,15,17H,1-2,5-7,23H2,(H2,24,27)(H3,25,26,29)/b4-3-/t17-/m0/s1. The maximum absolute atomic E-state index is 12.0. The first-order valence-corrected chi connectivity index (χ1v) is 10.9. The van der Waals surface area contributed by atoms with Crippen molar-refractivity contribution in [1.82, 2.24) is 0 Å². The Morgan fingerprint density at radius 1 is 1.16 bits per heavy atom. The molecular formula is C22H26N4O4S. The fourth-order valence-electron chi connectivity index (χ4n) is 3.38. The lowest BCUT2D eigenvalue weighted by atomic mass is 10.1. The van der Waals surface area contributed by atoms with Crippen molar-refractivity contribution in [3.05, 3.63) is 47.5 Å². The van der Waals surface area contributed by atoms with Crippen LogP contribution in [0, 0.1) is 0 Å². The molecule has 1 aromatic carbocycles. The molecule has 0 unspecified atom stereocenters. The number of benzene rings is 1. The summed E-state index contributed by atoms with van der Waals surface area (Å²) in [4.78, 5) is 35.5. The van der Waals surface area contributed by atoms with Crippen LogP contribution in [0.3, 0.4) is 0 Å². The third-order valence-corrected chi connectivity index (χ3v) is 6.12. The van der Waals surface area contributed by atoms with E-state index in [1.165, 1.54) is 11.3 Å². The maximum Gasteiger partial charge on any atom is 0.323 e. The minimum Gasteiger partial charge on any atom is -0.461 e. The van der Waals surface area contributed by atoms with Gasteiger partial charge in [-0.25, -0.2) is 4.79 Å². The minimum atomic E-state index is -0.762. The number of urea groups is 1. The van der Waals surface area contributed by atoms with E-state index in [2.05, 4.69) is 5.32 Å². The summed E-state index contributed by atoms with van der Waals surface area (Å²) in [7, 11) is 0. The molecule has 1 aliphatic carbocycles. The first-order chi connectivity index (χ1) is 14.8. The highest BCUT2D eigenvalue weighted by Gasteiger charge is 2.22. The van der Waals surface area contributed by atoms with E-state index in [0.29, 0.717) is 11.4 Å². The average Bonchev–Trinajstić information content (AvgIpc) is 3.38. The first kappa shape index (κ1) is 22.5. The van der Waals surface area contributed by atoms with Crippen molar-refractivity contribution in [2.45, 2.75) is 44.2 Å². The molecular weight excluding hydrogens is 416 g/mol. The predicted molar refractivity (Wildman–Crippen MR) is 121 cm³/mol. The molecule has 1 atom stereocenters. The van der Waals surface area contributed by atoms with Crippen molar-refractivity contribution >= 4 is 40.3 Å². The number of nitrogens with one attached hydrogen (secondary N) is 1. The topological polar surface area (TPSA) is 151 Å². The van der Waals surface area contributed by atoms with Gasteiger partial charge in [-0.1, -0.05) is 36.4 Å². The van der Waals surface area contributed by atoms with Gasteiger partial charge >= 0.3 is 12.0 Å². The van der Waals surface area contributed by atoms with Crippen molar-refractivity contribution in [2.24, 2.45) is 17.2 Å². The molecule has 0 spiro atoms. The van der Waals surface area contributed by atoms with Crippen LogP contribution in [0.2, 0.25) is 0 Å². The van der Waals surface area contributed by atoms with E-state index in [9.17, 15) is 14.4 Å². The van der Waals surface area contributed by atoms with Gasteiger partial charge in [0.05, 0.1) is 5.56 Å². The van der Waals surface area contributed by atoms with Gasteiger partial charge in [0.25, 0.3) is 5.91 Å². The molecule has 31 heavy (non-hydrogen) atoms. The van der Waals surface area contributed by atoms with Crippen LogP contribution in [0.4, 0.5) is 9.80 Å². The Morgan fingerprint density at radius 2 is 1.84 bits per heavy atom. The van der Waals surface area contributed by atoms with Gasteiger partial charge in [-0.3, -0.25) is 14.9 Å². The fourth-order valence-corrected chi connectivity index (χ4v) is 4.46. The summed E-state index contributed by atoms with van der Waals surface area (Å²) in [5.74, 6) is -0.996. The molecule has 9 heteroatoms. The molecule has 3 amide bonds. The van der Waals surface area contributed by atoms with Gasteiger partial charge in [-0.05, 0) is 49.3 Å². The van der Waals surface area contributed by atoms with Crippen LogP contribution in [0.5, 0.6) is 0 Å². The number of hydrogen-bond donors (Lipinski definition) is 4. The van der Waals surface area contributed by atoms with Crippen molar-refractivity contribution in [2.75, 3.05) is 5.32 Å². The Bertz CT molecular complexity index is 978. The average molecular weight is 443 g/mol. The number of hydrogen-bond acceptors (Lipinski definition) is 6. The van der Waals surface area contributed by atoms with E-state index < -0.39 is 18.0 Å². The van der Waals surface area contributed by atoms with Crippen LogP contribution in [0.25, 0.3) is 16.5 Å². The largest absolute Gasteiger partial charge is 0.461 e. The second-order valence-corrected chi connectivity index (χ2v) is 8.47. The maximum atomic E-state index is 12.0. The second-order valence-electron chi connectivity index (χ2n) is 7.42. The third kappa shape index (κ3) is 6.16. The summed E-state index contributed by atoms with van der Waals surface area (Å²) < 4.78 is 5.43. The fraction of sp³-hybridized carbons (Fsp3) is 0.318. The van der Waals surface area contributed by atoms with Crippen LogP contribution >= 0.6 is 11.3 Å². The van der Waals surface area contributed by atoms with Gasteiger partial charge in [0, 0.05) is 4.88 Å². The number of thiophene rings is 1. The predicted octanol–water partition coefficient (Wildman–Crippen LogP) is 3.22. The smallest absolute Gasteiger partial charge is 0.323 e. The summed E-state index contributed by atoms with van der Waals surface area (Å²) in [6.07, 6.45) is 8.18. The number of rotatable bonds is 8. The highest BCUT2D eigenvalue weighted by atomic mass is 32.1. The highest BCUT2D eigenvalue weighted by Crippen LogP contribution is 2.35. The SMILES string of the molecule is NC(=O)Nc1sc(-c2ccc(/C=C\C[C@H](N)C(=O)OC3CCCC3)cc2)cc1C(N)=O. The molecule has 1 aromatic heterocycles. The van der Waals surface area contributed by atoms with Crippen LogP contribution in [-0.2, 0) is 9.53 Å². The molecule has 0 radical (unpaired) electrons. The molecule has 3 rings (SSSR count). The van der Waals surface area contributed by atoms with E-state index in [4.69, 9.17) is 21.9 Å². The quantitative estimate of drug-likeness (QED) is 0.463. The van der Waals surface area contributed by atoms with E-state index in [1.54, 1.807) is 6.07 Å². The summed E-state index contributed by atoms with van der Waals surface area (Å²) >= 11 is 1.21. The van der Waals surface area contributed by atoms with Crippen molar-refractivity contribution in [3.8, 4) is 10.4 Å². The molecule has 7 N–H and O–H groups in total. The Balaban J connectivity index is 1.60. The van der Waals surface area contributed by atoms with E-state index in [0.717, 1.165) is 41.7 Å². The van der Waals surface area contributed by atoms with Crippen LogP contribution < -0.4 is 22.5 Å². The van der Waals surface area contributed by atoms with Gasteiger partial charge in [-0.2, -0.15) is 0 Å². The molecule has 1 fully saturated rings. The summed E-state index contributed by atoms with van der Waals surface area (Å²) in [6, 6.07) is 7.76. The van der Waals surface area contributed by atoms with E-state index in [-0.39, 0.29) is 17.6 Å². The van der Waals surface area contributed by atoms with Gasteiger partial charge in [0.15, 0.2) is 0 Å². The lowest BCUT2D eigenvalue weighted by molar-refractivity contribution is -0.150. The van der Waals surface area contributed by atoms with Crippen LogP contribution in [-0.4, -0.2) is 30.1 Å². The normalized spacial score (nSPS) is 15.1. The molecule has 1 aliphatic rings. The Kier molecular flexibility index (Phi) is 7.43. The molecule has 8 nitrogen and oxygen atoms in total. The molecule has 0 bridgehead atoms. The zero-order chi connectivity index (χ0) is 22.4. The van der Waals surface area contributed by atoms with Crippen molar-refractivity contribution in [1.29, 1.82) is 0 Å². The summed E-state index contributed by atoms with van der Waals surface area (Å²) in [5.41, 5.74) is 18.5. The van der Waals surface area contributed by atoms with Crippen molar-refractivity contribution in [3.63, 3.8) is 0 Å². The number of nitrogens with two attached hydrogens (primary N) is 3. The summed E-state index contributed by atoms with van der Waals surface area (Å²) in [6.45, 7) is 0. The summed E-state index contributed by atoms with van der Waals surface area (Å²) in [5, 5.41) is 2.74. The van der Waals surface area contributed by atoms with Gasteiger partial charge in [0.1, 0.15) is 17.1 Å². The van der Waals surface area contributed by atoms with E-state index in [1.807, 2.05) is 36.4 Å². The van der Waals surface area contributed by atoms with Gasteiger partial charge < -0.3 is 21.9 Å².